The summed E-state index contributed by atoms with van der Waals surface area (Å²) < 4.78 is 10.2. The molecule has 0 fully saturated rings. The van der Waals surface area contributed by atoms with Gasteiger partial charge in [0.1, 0.15) is 11.4 Å². The van der Waals surface area contributed by atoms with E-state index in [1.807, 2.05) is 48.5 Å². The highest BCUT2D eigenvalue weighted by molar-refractivity contribution is 6.03. The number of carbonyl (C=O) groups is 2. The van der Waals surface area contributed by atoms with Gasteiger partial charge in [-0.05, 0) is 17.7 Å². The lowest BCUT2D eigenvalue weighted by Gasteiger charge is -2.20. The van der Waals surface area contributed by atoms with Crippen molar-refractivity contribution in [2.75, 3.05) is 14.2 Å². The van der Waals surface area contributed by atoms with Crippen molar-refractivity contribution in [2.24, 2.45) is 0 Å². The van der Waals surface area contributed by atoms with Crippen molar-refractivity contribution in [1.82, 2.24) is 9.97 Å². The molecule has 2 heterocycles. The molecule has 0 aliphatic rings. The molecule has 9 heteroatoms. The summed E-state index contributed by atoms with van der Waals surface area (Å²) in [6.45, 7) is 0. The first kappa shape index (κ1) is 22.9. The van der Waals surface area contributed by atoms with Crippen molar-refractivity contribution in [1.29, 1.82) is 0 Å². The lowest BCUT2D eigenvalue weighted by atomic mass is 9.81. The molecule has 0 spiro atoms. The Bertz CT molecular complexity index is 1540. The Labute approximate surface area is 204 Å². The summed E-state index contributed by atoms with van der Waals surface area (Å²) in [6.07, 6.45) is 0. The molecule has 2 aromatic heterocycles. The molecular weight excluding hydrogens is 462 g/mol. The van der Waals surface area contributed by atoms with Gasteiger partial charge in [-0.1, -0.05) is 48.5 Å². The third-order valence-corrected chi connectivity index (χ3v) is 6.29. The summed E-state index contributed by atoms with van der Waals surface area (Å²) >= 11 is 0. The molecule has 0 saturated carbocycles. The maximum atomic E-state index is 12.9. The first-order valence-electron chi connectivity index (χ1n) is 11.1. The molecule has 0 radical (unpaired) electrons. The van der Waals surface area contributed by atoms with E-state index < -0.39 is 22.8 Å². The third-order valence-electron chi connectivity index (χ3n) is 6.29. The van der Waals surface area contributed by atoms with Gasteiger partial charge in [0.05, 0.1) is 19.1 Å². The summed E-state index contributed by atoms with van der Waals surface area (Å²) in [7, 11) is 2.59. The Hall–Kier alpha value is -4.92. The second kappa shape index (κ2) is 9.03. The molecule has 2 N–H and O–H groups in total. The van der Waals surface area contributed by atoms with Crippen LogP contribution >= 0.6 is 0 Å². The molecule has 0 aliphatic heterocycles. The molecule has 5 rings (SSSR count). The molecule has 0 aliphatic carbocycles. The quantitative estimate of drug-likeness (QED) is 0.191. The lowest BCUT2D eigenvalue weighted by molar-refractivity contribution is -0.384. The monoisotopic (exact) mass is 483 g/mol. The number of benzene rings is 3. The van der Waals surface area contributed by atoms with Gasteiger partial charge in [-0.3, -0.25) is 10.1 Å². The molecule has 0 unspecified atom stereocenters. The number of nitrogens with zero attached hydrogens (tertiary/aromatic N) is 1. The van der Waals surface area contributed by atoms with Crippen LogP contribution in [-0.4, -0.2) is 41.0 Å². The Morgan fingerprint density at radius 2 is 1.19 bits per heavy atom. The zero-order chi connectivity index (χ0) is 25.4. The number of aromatic nitrogens is 2. The van der Waals surface area contributed by atoms with Crippen molar-refractivity contribution in [2.45, 2.75) is 5.92 Å². The Morgan fingerprint density at radius 3 is 1.61 bits per heavy atom. The van der Waals surface area contributed by atoms with Crippen LogP contribution in [0.4, 0.5) is 5.69 Å². The zero-order valence-electron chi connectivity index (χ0n) is 19.4. The van der Waals surface area contributed by atoms with Crippen molar-refractivity contribution >= 4 is 39.4 Å². The summed E-state index contributed by atoms with van der Waals surface area (Å²) in [5.74, 6) is -1.83. The van der Waals surface area contributed by atoms with Crippen molar-refractivity contribution in [3.63, 3.8) is 0 Å². The minimum atomic E-state index is -0.679. The molecule has 0 atom stereocenters. The van der Waals surface area contributed by atoms with Crippen molar-refractivity contribution in [3.05, 3.63) is 111 Å². The van der Waals surface area contributed by atoms with Gasteiger partial charge < -0.3 is 19.4 Å². The minimum absolute atomic E-state index is 0.0725. The molecule has 0 saturated heterocycles. The van der Waals surface area contributed by atoms with Crippen molar-refractivity contribution < 1.29 is 24.0 Å². The van der Waals surface area contributed by atoms with E-state index in [9.17, 15) is 19.7 Å². The van der Waals surface area contributed by atoms with Gasteiger partial charge in [0, 0.05) is 51.0 Å². The number of ether oxygens (including phenoxy) is 2. The standard InChI is InChI=1S/C27H21N3O6/c1-35-26(31)24-22(17-7-3-5-9-19(17)28-24)21(15-11-13-16(14-12-15)30(33)34)23-18-8-4-6-10-20(18)29-25(23)27(32)36-2/h3-14,21,28-29H,1-2H3. The van der Waals surface area contributed by atoms with Crippen LogP contribution in [0, 0.1) is 10.1 Å². The number of H-pyrrole nitrogens is 2. The maximum absolute atomic E-state index is 12.9. The zero-order valence-corrected chi connectivity index (χ0v) is 19.4. The fourth-order valence-electron chi connectivity index (χ4n) is 4.72. The molecular formula is C27H21N3O6. The highest BCUT2D eigenvalue weighted by atomic mass is 16.6. The topological polar surface area (TPSA) is 127 Å². The fourth-order valence-corrected chi connectivity index (χ4v) is 4.72. The largest absolute Gasteiger partial charge is 0.464 e. The Morgan fingerprint density at radius 1 is 0.750 bits per heavy atom. The van der Waals surface area contributed by atoms with Gasteiger partial charge in [-0.15, -0.1) is 0 Å². The van der Waals surface area contributed by atoms with E-state index in [0.29, 0.717) is 27.7 Å². The van der Waals surface area contributed by atoms with Gasteiger partial charge in [0.15, 0.2) is 0 Å². The highest BCUT2D eigenvalue weighted by Gasteiger charge is 2.33. The number of nitro groups is 1. The molecule has 36 heavy (non-hydrogen) atoms. The average Bonchev–Trinajstić information content (AvgIpc) is 3.48. The van der Waals surface area contributed by atoms with E-state index in [0.717, 1.165) is 10.8 Å². The maximum Gasteiger partial charge on any atom is 0.354 e. The number of methoxy groups -OCH3 is 2. The van der Waals surface area contributed by atoms with Crippen LogP contribution in [0.3, 0.4) is 0 Å². The summed E-state index contributed by atoms with van der Waals surface area (Å²) in [6, 6.07) is 20.9. The second-order valence-electron chi connectivity index (χ2n) is 8.18. The minimum Gasteiger partial charge on any atom is -0.464 e. The smallest absolute Gasteiger partial charge is 0.354 e. The van der Waals surface area contributed by atoms with Crippen LogP contribution in [-0.2, 0) is 9.47 Å². The van der Waals surface area contributed by atoms with E-state index in [1.165, 1.54) is 26.4 Å². The molecule has 0 bridgehead atoms. The van der Waals surface area contributed by atoms with Gasteiger partial charge >= 0.3 is 11.9 Å². The van der Waals surface area contributed by atoms with Crippen LogP contribution in [0.5, 0.6) is 0 Å². The van der Waals surface area contributed by atoms with E-state index in [1.54, 1.807) is 12.1 Å². The van der Waals surface area contributed by atoms with E-state index in [2.05, 4.69) is 9.97 Å². The second-order valence-corrected chi connectivity index (χ2v) is 8.18. The van der Waals surface area contributed by atoms with E-state index in [-0.39, 0.29) is 17.1 Å². The van der Waals surface area contributed by atoms with Crippen LogP contribution in [0.1, 0.15) is 43.6 Å². The van der Waals surface area contributed by atoms with Gasteiger partial charge in [-0.2, -0.15) is 0 Å². The average molecular weight is 483 g/mol. The number of para-hydroxylation sites is 2. The third kappa shape index (κ3) is 3.67. The predicted molar refractivity (Wildman–Crippen MR) is 133 cm³/mol. The Balaban J connectivity index is 1.91. The molecule has 0 amide bonds. The fraction of sp³-hybridized carbons (Fsp3) is 0.111. The van der Waals surface area contributed by atoms with Gasteiger partial charge in [-0.25, -0.2) is 9.59 Å². The number of fused-ring (bicyclic) bond motifs is 2. The number of aromatic amines is 2. The van der Waals surface area contributed by atoms with Crippen LogP contribution < -0.4 is 0 Å². The number of nitrogens with one attached hydrogen (secondary N) is 2. The number of hydrogen-bond acceptors (Lipinski definition) is 6. The molecule has 5 aromatic rings. The number of non-ortho nitro benzene ring substituents is 1. The SMILES string of the molecule is COC(=O)c1[nH]c2ccccc2c1C(c1ccc([N+](=O)[O-])cc1)c1c(C(=O)OC)[nH]c2ccccc12. The number of hydrogen-bond donors (Lipinski definition) is 2. The molecule has 3 aromatic carbocycles. The van der Waals surface area contributed by atoms with Crippen molar-refractivity contribution in [3.8, 4) is 0 Å². The number of nitro benzene ring substituents is 1. The number of esters is 2. The first-order valence-corrected chi connectivity index (χ1v) is 11.1. The summed E-state index contributed by atoms with van der Waals surface area (Å²) in [5.41, 5.74) is 3.61. The van der Waals surface area contributed by atoms with Gasteiger partial charge in [0.25, 0.3) is 5.69 Å². The summed E-state index contributed by atoms with van der Waals surface area (Å²) in [5, 5.41) is 12.8. The predicted octanol–water partition coefficient (Wildman–Crippen LogP) is 5.31. The van der Waals surface area contributed by atoms with E-state index >= 15 is 0 Å². The summed E-state index contributed by atoms with van der Waals surface area (Å²) in [4.78, 5) is 43.1. The normalized spacial score (nSPS) is 11.2. The Kier molecular flexibility index (Phi) is 5.73. The molecule has 180 valence electrons. The van der Waals surface area contributed by atoms with Gasteiger partial charge in [0.2, 0.25) is 0 Å². The number of rotatable bonds is 6. The van der Waals surface area contributed by atoms with E-state index in [4.69, 9.17) is 9.47 Å². The number of carbonyl (C=O) groups excluding carboxylic acids is 2. The molecule has 9 nitrogen and oxygen atoms in total. The lowest BCUT2D eigenvalue weighted by Crippen LogP contribution is -2.14. The van der Waals surface area contributed by atoms with Crippen LogP contribution in [0.15, 0.2) is 72.8 Å². The first-order chi connectivity index (χ1) is 17.4. The van der Waals surface area contributed by atoms with Crippen LogP contribution in [0.25, 0.3) is 21.8 Å². The highest BCUT2D eigenvalue weighted by Crippen LogP contribution is 2.43. The van der Waals surface area contributed by atoms with Crippen LogP contribution in [0.2, 0.25) is 0 Å².